The van der Waals surface area contributed by atoms with Gasteiger partial charge in [0.05, 0.1) is 0 Å². The molecule has 0 spiro atoms. The average Bonchev–Trinajstić information content (AvgIpc) is 2.53. The highest BCUT2D eigenvalue weighted by Crippen LogP contribution is 2.33. The third-order valence-electron chi connectivity index (χ3n) is 4.11. The van der Waals surface area contributed by atoms with Crippen LogP contribution in [0.25, 0.3) is 0 Å². The van der Waals surface area contributed by atoms with Crippen LogP contribution in [0, 0.1) is 5.82 Å². The first-order valence-corrected chi connectivity index (χ1v) is 7.48. The Morgan fingerprint density at radius 1 is 1.27 bits per heavy atom. The molecule has 22 heavy (non-hydrogen) atoms. The highest BCUT2D eigenvalue weighted by Gasteiger charge is 2.22. The maximum Gasteiger partial charge on any atom is 0.224 e. The van der Waals surface area contributed by atoms with E-state index in [9.17, 15) is 14.3 Å². The molecule has 114 valence electrons. The van der Waals surface area contributed by atoms with Gasteiger partial charge in [0, 0.05) is 17.7 Å². The van der Waals surface area contributed by atoms with Crippen molar-refractivity contribution in [1.29, 1.82) is 0 Å². The number of amides is 1. The van der Waals surface area contributed by atoms with Gasteiger partial charge in [-0.05, 0) is 35.6 Å². The Hall–Kier alpha value is -2.20. The molecule has 0 radical (unpaired) electrons. The predicted molar refractivity (Wildman–Crippen MR) is 83.2 cm³/mol. The number of nitrogens with one attached hydrogen (secondary N) is 1. The van der Waals surface area contributed by atoms with Gasteiger partial charge in [0.2, 0.25) is 5.91 Å². The number of fused-ring (bicyclic) bond motifs is 1. The zero-order valence-corrected chi connectivity index (χ0v) is 12.4. The standard InChI is InChI=1S/C18H18FNO2/c1-2-11-9-13(10-12-7-8-16(21)20-17(11)12)18(22)14-5-3-4-6-15(14)19/h3-6,9-10,18,22H,2,7-8H2,1H3,(H,20,21). The van der Waals surface area contributed by atoms with Crippen molar-refractivity contribution in [3.63, 3.8) is 0 Å². The number of hydrogen-bond donors (Lipinski definition) is 2. The zero-order chi connectivity index (χ0) is 15.7. The van der Waals surface area contributed by atoms with E-state index < -0.39 is 11.9 Å². The summed E-state index contributed by atoms with van der Waals surface area (Å²) >= 11 is 0. The Morgan fingerprint density at radius 2 is 2.05 bits per heavy atom. The SMILES string of the molecule is CCc1cc(C(O)c2ccccc2F)cc2c1NC(=O)CC2. The van der Waals surface area contributed by atoms with Gasteiger partial charge in [-0.15, -0.1) is 0 Å². The Bertz CT molecular complexity index is 710. The third-order valence-corrected chi connectivity index (χ3v) is 4.11. The summed E-state index contributed by atoms with van der Waals surface area (Å²) in [6.07, 6.45) is 0.816. The van der Waals surface area contributed by atoms with E-state index in [1.165, 1.54) is 6.07 Å². The number of rotatable bonds is 3. The lowest BCUT2D eigenvalue weighted by Crippen LogP contribution is -2.21. The van der Waals surface area contributed by atoms with Gasteiger partial charge in [0.15, 0.2) is 0 Å². The van der Waals surface area contributed by atoms with E-state index in [0.29, 0.717) is 18.4 Å². The minimum atomic E-state index is -1.01. The molecular weight excluding hydrogens is 281 g/mol. The molecule has 1 unspecified atom stereocenters. The minimum Gasteiger partial charge on any atom is -0.384 e. The number of halogens is 1. The fourth-order valence-corrected chi connectivity index (χ4v) is 2.92. The van der Waals surface area contributed by atoms with Crippen LogP contribution in [0.5, 0.6) is 0 Å². The maximum atomic E-state index is 13.9. The lowest BCUT2D eigenvalue weighted by atomic mass is 9.91. The summed E-state index contributed by atoms with van der Waals surface area (Å²) in [5, 5.41) is 13.4. The summed E-state index contributed by atoms with van der Waals surface area (Å²) in [6, 6.07) is 9.96. The first-order chi connectivity index (χ1) is 10.6. The molecule has 0 bridgehead atoms. The highest BCUT2D eigenvalue weighted by molar-refractivity contribution is 5.95. The maximum absolute atomic E-state index is 13.9. The molecule has 1 amide bonds. The van der Waals surface area contributed by atoms with Gasteiger partial charge < -0.3 is 10.4 Å². The third kappa shape index (κ3) is 2.62. The lowest BCUT2D eigenvalue weighted by Gasteiger charge is -2.23. The fourth-order valence-electron chi connectivity index (χ4n) is 2.92. The molecular formula is C18H18FNO2. The molecule has 0 aromatic heterocycles. The molecule has 3 rings (SSSR count). The first kappa shape index (κ1) is 14.7. The summed E-state index contributed by atoms with van der Waals surface area (Å²) in [5.74, 6) is -0.399. The molecule has 0 saturated carbocycles. The van der Waals surface area contributed by atoms with Gasteiger partial charge >= 0.3 is 0 Å². The van der Waals surface area contributed by atoms with Crippen LogP contribution in [0.4, 0.5) is 10.1 Å². The number of aryl methyl sites for hydroxylation is 2. The number of benzene rings is 2. The average molecular weight is 299 g/mol. The van der Waals surface area contributed by atoms with Gasteiger partial charge in [0.25, 0.3) is 0 Å². The normalized spacial score (nSPS) is 15.1. The van der Waals surface area contributed by atoms with Crippen LogP contribution in [0.1, 0.15) is 41.7 Å². The van der Waals surface area contributed by atoms with Crippen LogP contribution in [-0.4, -0.2) is 11.0 Å². The van der Waals surface area contributed by atoms with Crippen molar-refractivity contribution in [3.05, 3.63) is 64.5 Å². The summed E-state index contributed by atoms with van der Waals surface area (Å²) < 4.78 is 13.9. The molecule has 2 aromatic carbocycles. The topological polar surface area (TPSA) is 49.3 Å². The Kier molecular flexibility index (Phi) is 3.94. The summed E-state index contributed by atoms with van der Waals surface area (Å²) in [4.78, 5) is 11.6. The number of aliphatic hydroxyl groups is 1. The summed E-state index contributed by atoms with van der Waals surface area (Å²) in [5.41, 5.74) is 3.75. The quantitative estimate of drug-likeness (QED) is 0.913. The molecule has 1 aliphatic heterocycles. The van der Waals surface area contributed by atoms with Crippen molar-refractivity contribution >= 4 is 11.6 Å². The monoisotopic (exact) mass is 299 g/mol. The molecule has 0 aliphatic carbocycles. The largest absolute Gasteiger partial charge is 0.384 e. The molecule has 2 N–H and O–H groups in total. The Balaban J connectivity index is 2.05. The zero-order valence-electron chi connectivity index (χ0n) is 12.4. The second kappa shape index (κ2) is 5.89. The van der Waals surface area contributed by atoms with Crippen molar-refractivity contribution in [1.82, 2.24) is 0 Å². The van der Waals surface area contributed by atoms with Crippen molar-refractivity contribution in [3.8, 4) is 0 Å². The Labute approximate surface area is 128 Å². The van der Waals surface area contributed by atoms with Crippen molar-refractivity contribution in [2.24, 2.45) is 0 Å². The van der Waals surface area contributed by atoms with Crippen LogP contribution in [0.3, 0.4) is 0 Å². The summed E-state index contributed by atoms with van der Waals surface area (Å²) in [7, 11) is 0. The number of hydrogen-bond acceptors (Lipinski definition) is 2. The van der Waals surface area contributed by atoms with Crippen molar-refractivity contribution < 1.29 is 14.3 Å². The number of carbonyl (C=O) groups excluding carboxylic acids is 1. The highest BCUT2D eigenvalue weighted by atomic mass is 19.1. The molecule has 4 heteroatoms. The van der Waals surface area contributed by atoms with E-state index in [1.54, 1.807) is 18.2 Å². The van der Waals surface area contributed by atoms with E-state index in [0.717, 1.165) is 23.2 Å². The van der Waals surface area contributed by atoms with E-state index in [2.05, 4.69) is 5.32 Å². The molecule has 0 saturated heterocycles. The van der Waals surface area contributed by atoms with E-state index in [4.69, 9.17) is 0 Å². The van der Waals surface area contributed by atoms with Gasteiger partial charge in [0.1, 0.15) is 11.9 Å². The van der Waals surface area contributed by atoms with Crippen LogP contribution < -0.4 is 5.32 Å². The van der Waals surface area contributed by atoms with Crippen molar-refractivity contribution in [2.45, 2.75) is 32.3 Å². The number of carbonyl (C=O) groups is 1. The van der Waals surface area contributed by atoms with Crippen molar-refractivity contribution in [2.75, 3.05) is 5.32 Å². The lowest BCUT2D eigenvalue weighted by molar-refractivity contribution is -0.116. The Morgan fingerprint density at radius 3 is 2.77 bits per heavy atom. The van der Waals surface area contributed by atoms with E-state index in [1.807, 2.05) is 19.1 Å². The van der Waals surface area contributed by atoms with Gasteiger partial charge in [-0.3, -0.25) is 4.79 Å². The smallest absolute Gasteiger partial charge is 0.224 e. The minimum absolute atomic E-state index is 0.0182. The predicted octanol–water partition coefficient (Wildman–Crippen LogP) is 3.35. The molecule has 1 atom stereocenters. The van der Waals surface area contributed by atoms with Crippen LogP contribution >= 0.6 is 0 Å². The van der Waals surface area contributed by atoms with Gasteiger partial charge in [-0.2, -0.15) is 0 Å². The molecule has 0 fully saturated rings. The van der Waals surface area contributed by atoms with Crippen LogP contribution in [-0.2, 0) is 17.6 Å². The van der Waals surface area contributed by atoms with E-state index in [-0.39, 0.29) is 11.5 Å². The molecule has 2 aromatic rings. The molecule has 3 nitrogen and oxygen atoms in total. The first-order valence-electron chi connectivity index (χ1n) is 7.48. The second-order valence-electron chi connectivity index (χ2n) is 5.54. The van der Waals surface area contributed by atoms with E-state index >= 15 is 0 Å². The van der Waals surface area contributed by atoms with Gasteiger partial charge in [-0.25, -0.2) is 4.39 Å². The molecule has 1 aliphatic rings. The van der Waals surface area contributed by atoms with Crippen LogP contribution in [0.2, 0.25) is 0 Å². The van der Waals surface area contributed by atoms with Crippen LogP contribution in [0.15, 0.2) is 36.4 Å². The summed E-state index contributed by atoms with van der Waals surface area (Å²) in [6.45, 7) is 2.00. The fraction of sp³-hybridized carbons (Fsp3) is 0.278. The molecule has 1 heterocycles. The number of aliphatic hydroxyl groups excluding tert-OH is 1. The second-order valence-corrected chi connectivity index (χ2v) is 5.54. The van der Waals surface area contributed by atoms with Gasteiger partial charge in [-0.1, -0.05) is 37.3 Å². The number of anilines is 1.